The van der Waals surface area contributed by atoms with Gasteiger partial charge in [0.25, 0.3) is 0 Å². The fourth-order valence-electron chi connectivity index (χ4n) is 2.49. The number of benzene rings is 1. The van der Waals surface area contributed by atoms with Crippen LogP contribution in [0.5, 0.6) is 5.75 Å². The smallest absolute Gasteiger partial charge is 0.314 e. The van der Waals surface area contributed by atoms with Crippen LogP contribution in [0.15, 0.2) is 18.2 Å². The number of anilines is 1. The van der Waals surface area contributed by atoms with E-state index in [9.17, 15) is 4.79 Å². The molecule has 0 spiro atoms. The summed E-state index contributed by atoms with van der Waals surface area (Å²) in [5, 5.41) is 3.52. The number of aryl methyl sites for hydroxylation is 1. The van der Waals surface area contributed by atoms with Crippen molar-refractivity contribution >= 4 is 11.7 Å². The maximum absolute atomic E-state index is 11.1. The minimum absolute atomic E-state index is 0.325. The molecule has 3 N–H and O–H groups in total. The maximum Gasteiger partial charge on any atom is 0.314 e. The van der Waals surface area contributed by atoms with Gasteiger partial charge >= 0.3 is 6.03 Å². The van der Waals surface area contributed by atoms with Gasteiger partial charge < -0.3 is 20.7 Å². The van der Waals surface area contributed by atoms with Crippen LogP contribution in [-0.2, 0) is 0 Å². The third kappa shape index (κ3) is 3.56. The lowest BCUT2D eigenvalue weighted by atomic mass is 10.0. The third-order valence-corrected chi connectivity index (χ3v) is 3.60. The zero-order valence-electron chi connectivity index (χ0n) is 12.2. The highest BCUT2D eigenvalue weighted by atomic mass is 16.5. The Morgan fingerprint density at radius 3 is 2.75 bits per heavy atom. The molecule has 1 aliphatic heterocycles. The lowest BCUT2D eigenvalue weighted by Gasteiger charge is -2.32. The van der Waals surface area contributed by atoms with E-state index in [1.165, 1.54) is 5.56 Å². The molecule has 1 heterocycles. The first-order chi connectivity index (χ1) is 9.60. The number of carbonyl (C=O) groups excluding carboxylic acids is 1. The topological polar surface area (TPSA) is 67.6 Å². The first-order valence-electron chi connectivity index (χ1n) is 7.14. The van der Waals surface area contributed by atoms with Gasteiger partial charge in [0.2, 0.25) is 0 Å². The van der Waals surface area contributed by atoms with Gasteiger partial charge in [0.1, 0.15) is 5.75 Å². The summed E-state index contributed by atoms with van der Waals surface area (Å²) in [6.45, 7) is 6.11. The quantitative estimate of drug-likeness (QED) is 0.887. The predicted molar refractivity (Wildman–Crippen MR) is 80.1 cm³/mol. The normalized spacial score (nSPS) is 16.0. The molecule has 0 aliphatic carbocycles. The molecule has 1 fully saturated rings. The summed E-state index contributed by atoms with van der Waals surface area (Å²) in [5.41, 5.74) is 7.50. The van der Waals surface area contributed by atoms with Crippen LogP contribution in [0.25, 0.3) is 0 Å². The number of nitrogens with one attached hydrogen (secondary N) is 1. The average molecular weight is 277 g/mol. The maximum atomic E-state index is 11.1. The lowest BCUT2D eigenvalue weighted by Crippen LogP contribution is -2.44. The Bertz CT molecular complexity index is 468. The van der Waals surface area contributed by atoms with E-state index >= 15 is 0 Å². The van der Waals surface area contributed by atoms with E-state index in [2.05, 4.69) is 24.4 Å². The molecule has 1 saturated heterocycles. The van der Waals surface area contributed by atoms with Gasteiger partial charge in [-0.15, -0.1) is 0 Å². The van der Waals surface area contributed by atoms with Crippen LogP contribution in [0.1, 0.15) is 25.3 Å². The predicted octanol–water partition coefficient (Wildman–Crippen LogP) is 2.35. The Morgan fingerprint density at radius 2 is 2.15 bits per heavy atom. The molecule has 5 heteroatoms. The molecule has 0 unspecified atom stereocenters. The first kappa shape index (κ1) is 14.5. The number of hydrogen-bond donors (Lipinski definition) is 2. The number of piperidine rings is 1. The second kappa shape index (κ2) is 6.50. The van der Waals surface area contributed by atoms with Gasteiger partial charge in [0, 0.05) is 19.1 Å². The van der Waals surface area contributed by atoms with Gasteiger partial charge in [-0.1, -0.05) is 6.07 Å². The van der Waals surface area contributed by atoms with Crippen molar-refractivity contribution in [3.8, 4) is 5.75 Å². The van der Waals surface area contributed by atoms with Gasteiger partial charge in [-0.25, -0.2) is 4.79 Å². The highest BCUT2D eigenvalue weighted by molar-refractivity contribution is 5.72. The highest BCUT2D eigenvalue weighted by Gasteiger charge is 2.21. The van der Waals surface area contributed by atoms with Gasteiger partial charge in [0.15, 0.2) is 0 Å². The summed E-state index contributed by atoms with van der Waals surface area (Å²) in [5.74, 6) is 0.893. The zero-order valence-corrected chi connectivity index (χ0v) is 12.2. The van der Waals surface area contributed by atoms with E-state index < -0.39 is 0 Å². The summed E-state index contributed by atoms with van der Waals surface area (Å²) in [6.07, 6.45) is 1.81. The number of carbonyl (C=O) groups is 1. The molecule has 1 aromatic rings. The first-order valence-corrected chi connectivity index (χ1v) is 7.14. The number of primary amides is 1. The van der Waals surface area contributed by atoms with Crippen molar-refractivity contribution in [1.29, 1.82) is 0 Å². The Labute approximate surface area is 120 Å². The van der Waals surface area contributed by atoms with E-state index in [1.54, 1.807) is 4.90 Å². The number of hydrogen-bond acceptors (Lipinski definition) is 3. The molecule has 110 valence electrons. The summed E-state index contributed by atoms with van der Waals surface area (Å²) in [4.78, 5) is 12.8. The van der Waals surface area contributed by atoms with Gasteiger partial charge in [-0.3, -0.25) is 0 Å². The SMILES string of the molecule is CCOc1cc(C)ccc1NC1CCN(C(N)=O)CC1. The van der Waals surface area contributed by atoms with E-state index in [4.69, 9.17) is 10.5 Å². The van der Waals surface area contributed by atoms with Crippen LogP contribution >= 0.6 is 0 Å². The molecule has 0 saturated carbocycles. The van der Waals surface area contributed by atoms with Crippen LogP contribution in [0.4, 0.5) is 10.5 Å². The zero-order chi connectivity index (χ0) is 14.5. The second-order valence-electron chi connectivity index (χ2n) is 5.18. The minimum Gasteiger partial charge on any atom is -0.492 e. The average Bonchev–Trinajstić information content (AvgIpc) is 2.43. The van der Waals surface area contributed by atoms with E-state index in [0.29, 0.717) is 25.7 Å². The summed E-state index contributed by atoms with van der Waals surface area (Å²) in [6, 6.07) is 6.20. The fourth-order valence-corrected chi connectivity index (χ4v) is 2.49. The molecule has 0 radical (unpaired) electrons. The summed E-state index contributed by atoms with van der Waals surface area (Å²) < 4.78 is 5.67. The van der Waals surface area contributed by atoms with Crippen LogP contribution < -0.4 is 15.8 Å². The van der Waals surface area contributed by atoms with Gasteiger partial charge in [0.05, 0.1) is 12.3 Å². The lowest BCUT2D eigenvalue weighted by molar-refractivity contribution is 0.193. The van der Waals surface area contributed by atoms with Gasteiger partial charge in [-0.2, -0.15) is 0 Å². The van der Waals surface area contributed by atoms with Crippen molar-refractivity contribution in [1.82, 2.24) is 4.90 Å². The fraction of sp³-hybridized carbons (Fsp3) is 0.533. The molecule has 1 aliphatic rings. The highest BCUT2D eigenvalue weighted by Crippen LogP contribution is 2.28. The standard InChI is InChI=1S/C15H23N3O2/c1-3-20-14-10-11(2)4-5-13(14)17-12-6-8-18(9-7-12)15(16)19/h4-5,10,12,17H,3,6-9H2,1-2H3,(H2,16,19). The van der Waals surface area contributed by atoms with Crippen molar-refractivity contribution in [2.45, 2.75) is 32.7 Å². The Hall–Kier alpha value is -1.91. The Balaban J connectivity index is 1.99. The Morgan fingerprint density at radius 1 is 1.45 bits per heavy atom. The molecular formula is C15H23N3O2. The number of urea groups is 1. The molecule has 20 heavy (non-hydrogen) atoms. The number of rotatable bonds is 4. The molecule has 1 aromatic carbocycles. The molecule has 2 rings (SSSR count). The number of nitrogens with zero attached hydrogens (tertiary/aromatic N) is 1. The van der Waals surface area contributed by atoms with E-state index in [1.807, 2.05) is 13.0 Å². The molecular weight excluding hydrogens is 254 g/mol. The van der Waals surface area contributed by atoms with Crippen molar-refractivity contribution in [2.24, 2.45) is 5.73 Å². The number of ether oxygens (including phenoxy) is 1. The van der Waals surface area contributed by atoms with Crippen molar-refractivity contribution in [3.63, 3.8) is 0 Å². The largest absolute Gasteiger partial charge is 0.492 e. The monoisotopic (exact) mass is 277 g/mol. The van der Waals surface area contributed by atoms with Crippen molar-refractivity contribution in [2.75, 3.05) is 25.0 Å². The van der Waals surface area contributed by atoms with Crippen molar-refractivity contribution < 1.29 is 9.53 Å². The van der Waals surface area contributed by atoms with Crippen LogP contribution in [0.3, 0.4) is 0 Å². The van der Waals surface area contributed by atoms with E-state index in [0.717, 1.165) is 24.3 Å². The second-order valence-corrected chi connectivity index (χ2v) is 5.18. The molecule has 0 aromatic heterocycles. The van der Waals surface area contributed by atoms with E-state index in [-0.39, 0.29) is 6.03 Å². The number of amides is 2. The van der Waals surface area contributed by atoms with Crippen LogP contribution in [-0.4, -0.2) is 36.7 Å². The van der Waals surface area contributed by atoms with Crippen LogP contribution in [0, 0.1) is 6.92 Å². The molecule has 2 amide bonds. The number of likely N-dealkylation sites (tertiary alicyclic amines) is 1. The molecule has 5 nitrogen and oxygen atoms in total. The number of nitrogens with two attached hydrogens (primary N) is 1. The minimum atomic E-state index is -0.325. The van der Waals surface area contributed by atoms with Crippen LogP contribution in [0.2, 0.25) is 0 Å². The molecule has 0 atom stereocenters. The van der Waals surface area contributed by atoms with Crippen molar-refractivity contribution in [3.05, 3.63) is 23.8 Å². The third-order valence-electron chi connectivity index (χ3n) is 3.60. The summed E-state index contributed by atoms with van der Waals surface area (Å²) in [7, 11) is 0. The summed E-state index contributed by atoms with van der Waals surface area (Å²) >= 11 is 0. The Kier molecular flexibility index (Phi) is 4.71. The van der Waals surface area contributed by atoms with Gasteiger partial charge in [-0.05, 0) is 44.4 Å². The molecule has 0 bridgehead atoms.